The van der Waals surface area contributed by atoms with Crippen molar-refractivity contribution in [2.75, 3.05) is 16.8 Å². The third-order valence-corrected chi connectivity index (χ3v) is 5.65. The molecule has 0 saturated heterocycles. The van der Waals surface area contributed by atoms with Crippen LogP contribution >= 0.6 is 0 Å². The van der Waals surface area contributed by atoms with Gasteiger partial charge in [-0.05, 0) is 60.5 Å². The maximum absolute atomic E-state index is 13.5. The number of halogens is 1. The van der Waals surface area contributed by atoms with E-state index in [4.69, 9.17) is 0 Å². The molecule has 0 saturated carbocycles. The van der Waals surface area contributed by atoms with E-state index in [1.807, 2.05) is 24.3 Å². The van der Waals surface area contributed by atoms with Crippen molar-refractivity contribution < 1.29 is 14.0 Å². The molecule has 0 spiro atoms. The SMILES string of the molecule is O=C(Cn1cnc2ccc(F)cc2c1=O)Nc1ccc(C(=O)N2CCc3ccccc32)cc1. The molecule has 3 aromatic carbocycles. The van der Waals surface area contributed by atoms with E-state index in [9.17, 15) is 18.8 Å². The first kappa shape index (κ1) is 20.6. The van der Waals surface area contributed by atoms with E-state index in [1.165, 1.54) is 18.5 Å². The number of aromatic nitrogens is 2. The Labute approximate surface area is 188 Å². The number of anilines is 2. The van der Waals surface area contributed by atoms with Crippen LogP contribution in [-0.2, 0) is 17.8 Å². The summed E-state index contributed by atoms with van der Waals surface area (Å²) in [5.41, 5.74) is 2.94. The number of carbonyl (C=O) groups excluding carboxylic acids is 2. The summed E-state index contributed by atoms with van der Waals surface area (Å²) in [6.45, 7) is 0.360. The molecule has 2 amide bonds. The van der Waals surface area contributed by atoms with E-state index < -0.39 is 17.3 Å². The number of nitrogens with zero attached hydrogens (tertiary/aromatic N) is 3. The van der Waals surface area contributed by atoms with Gasteiger partial charge in [-0.15, -0.1) is 0 Å². The third-order valence-electron chi connectivity index (χ3n) is 5.65. The van der Waals surface area contributed by atoms with Crippen molar-refractivity contribution in [1.29, 1.82) is 0 Å². The average molecular weight is 442 g/mol. The molecule has 0 aliphatic carbocycles. The van der Waals surface area contributed by atoms with Crippen molar-refractivity contribution in [3.05, 3.63) is 100 Å². The molecule has 1 N–H and O–H groups in total. The van der Waals surface area contributed by atoms with Crippen LogP contribution in [0.4, 0.5) is 15.8 Å². The second-order valence-corrected chi connectivity index (χ2v) is 7.80. The highest BCUT2D eigenvalue weighted by molar-refractivity contribution is 6.07. The topological polar surface area (TPSA) is 84.3 Å². The van der Waals surface area contributed by atoms with Gasteiger partial charge >= 0.3 is 0 Å². The molecule has 1 aliphatic rings. The van der Waals surface area contributed by atoms with Crippen LogP contribution in [0.5, 0.6) is 0 Å². The fourth-order valence-corrected chi connectivity index (χ4v) is 4.00. The number of hydrogen-bond donors (Lipinski definition) is 1. The molecule has 1 aliphatic heterocycles. The van der Waals surface area contributed by atoms with Crippen molar-refractivity contribution in [3.63, 3.8) is 0 Å². The molecule has 1 aromatic heterocycles. The number of hydrogen-bond acceptors (Lipinski definition) is 4. The summed E-state index contributed by atoms with van der Waals surface area (Å²) in [6, 6.07) is 18.2. The lowest BCUT2D eigenvalue weighted by molar-refractivity contribution is -0.116. The van der Waals surface area contributed by atoms with Gasteiger partial charge in [0.25, 0.3) is 11.5 Å². The van der Waals surface area contributed by atoms with Crippen LogP contribution in [0.1, 0.15) is 15.9 Å². The second kappa shape index (κ2) is 8.31. The third kappa shape index (κ3) is 3.98. The van der Waals surface area contributed by atoms with Crippen LogP contribution in [0, 0.1) is 5.82 Å². The van der Waals surface area contributed by atoms with Gasteiger partial charge < -0.3 is 10.2 Å². The summed E-state index contributed by atoms with van der Waals surface area (Å²) < 4.78 is 14.6. The van der Waals surface area contributed by atoms with E-state index in [-0.39, 0.29) is 17.8 Å². The molecule has 164 valence electrons. The minimum Gasteiger partial charge on any atom is -0.325 e. The molecular weight excluding hydrogens is 423 g/mol. The van der Waals surface area contributed by atoms with Crippen molar-refractivity contribution in [2.45, 2.75) is 13.0 Å². The van der Waals surface area contributed by atoms with Crippen LogP contribution < -0.4 is 15.8 Å². The van der Waals surface area contributed by atoms with Crippen LogP contribution in [0.15, 0.2) is 77.9 Å². The molecule has 7 nitrogen and oxygen atoms in total. The van der Waals surface area contributed by atoms with E-state index in [1.54, 1.807) is 29.2 Å². The summed E-state index contributed by atoms with van der Waals surface area (Å²) in [6.07, 6.45) is 2.09. The van der Waals surface area contributed by atoms with Gasteiger partial charge in [0.15, 0.2) is 0 Å². The Bertz CT molecular complexity index is 1450. The molecule has 0 unspecified atom stereocenters. The molecule has 0 radical (unpaired) electrons. The molecule has 0 atom stereocenters. The first-order chi connectivity index (χ1) is 16.0. The molecule has 33 heavy (non-hydrogen) atoms. The summed E-state index contributed by atoms with van der Waals surface area (Å²) in [4.78, 5) is 43.8. The van der Waals surface area contributed by atoms with Crippen LogP contribution in [0.3, 0.4) is 0 Å². The molecule has 4 aromatic rings. The number of nitrogens with one attached hydrogen (secondary N) is 1. The zero-order valence-electron chi connectivity index (χ0n) is 17.5. The highest BCUT2D eigenvalue weighted by atomic mass is 19.1. The van der Waals surface area contributed by atoms with Crippen LogP contribution in [0.25, 0.3) is 10.9 Å². The van der Waals surface area contributed by atoms with E-state index in [0.29, 0.717) is 23.3 Å². The Hall–Kier alpha value is -4.33. The van der Waals surface area contributed by atoms with Crippen molar-refractivity contribution in [1.82, 2.24) is 9.55 Å². The smallest absolute Gasteiger partial charge is 0.261 e. The molecule has 8 heteroatoms. The van der Waals surface area contributed by atoms with Gasteiger partial charge in [-0.3, -0.25) is 19.0 Å². The fraction of sp³-hybridized carbons (Fsp3) is 0.120. The summed E-state index contributed by atoms with van der Waals surface area (Å²) in [5.74, 6) is -1.09. The van der Waals surface area contributed by atoms with Gasteiger partial charge in [0.05, 0.1) is 17.2 Å². The standard InChI is InChI=1S/C25H19FN4O3/c26-18-7-10-21-20(13-18)25(33)29(15-27-21)14-23(31)28-19-8-5-17(6-9-19)24(32)30-12-11-16-3-1-2-4-22(16)30/h1-10,13,15H,11-12,14H2,(H,28,31). The van der Waals surface area contributed by atoms with E-state index in [2.05, 4.69) is 10.3 Å². The minimum atomic E-state index is -0.546. The lowest BCUT2D eigenvalue weighted by atomic mass is 10.1. The summed E-state index contributed by atoms with van der Waals surface area (Å²) >= 11 is 0. The zero-order chi connectivity index (χ0) is 22.9. The van der Waals surface area contributed by atoms with Gasteiger partial charge in [-0.2, -0.15) is 0 Å². The van der Waals surface area contributed by atoms with Gasteiger partial charge in [0.1, 0.15) is 12.4 Å². The Morgan fingerprint density at radius 1 is 1.03 bits per heavy atom. The maximum atomic E-state index is 13.5. The number of amides is 2. The van der Waals surface area contributed by atoms with Crippen LogP contribution in [0.2, 0.25) is 0 Å². The van der Waals surface area contributed by atoms with Crippen molar-refractivity contribution >= 4 is 34.1 Å². The maximum Gasteiger partial charge on any atom is 0.261 e. The number of carbonyl (C=O) groups is 2. The van der Waals surface area contributed by atoms with E-state index in [0.717, 1.165) is 28.3 Å². The van der Waals surface area contributed by atoms with Crippen LogP contribution in [-0.4, -0.2) is 27.9 Å². The highest BCUT2D eigenvalue weighted by Gasteiger charge is 2.25. The first-order valence-electron chi connectivity index (χ1n) is 10.4. The number of para-hydroxylation sites is 1. The zero-order valence-corrected chi connectivity index (χ0v) is 17.5. The monoisotopic (exact) mass is 442 g/mol. The van der Waals surface area contributed by atoms with E-state index >= 15 is 0 Å². The Morgan fingerprint density at radius 2 is 1.82 bits per heavy atom. The molecule has 0 bridgehead atoms. The molecular formula is C25H19FN4O3. The first-order valence-corrected chi connectivity index (χ1v) is 10.4. The predicted molar refractivity (Wildman–Crippen MR) is 123 cm³/mol. The Morgan fingerprint density at radius 3 is 2.64 bits per heavy atom. The van der Waals surface area contributed by atoms with Crippen molar-refractivity contribution in [3.8, 4) is 0 Å². The highest BCUT2D eigenvalue weighted by Crippen LogP contribution is 2.29. The Kier molecular flexibility index (Phi) is 5.18. The normalized spacial score (nSPS) is 12.6. The summed E-state index contributed by atoms with van der Waals surface area (Å²) in [7, 11) is 0. The number of benzene rings is 3. The van der Waals surface area contributed by atoms with Gasteiger partial charge in [0.2, 0.25) is 5.91 Å². The summed E-state index contributed by atoms with van der Waals surface area (Å²) in [5, 5.41) is 2.81. The lowest BCUT2D eigenvalue weighted by Gasteiger charge is -2.17. The minimum absolute atomic E-state index is 0.0983. The quantitative estimate of drug-likeness (QED) is 0.525. The van der Waals surface area contributed by atoms with Gasteiger partial charge in [-0.25, -0.2) is 9.37 Å². The van der Waals surface area contributed by atoms with Crippen molar-refractivity contribution in [2.24, 2.45) is 0 Å². The number of fused-ring (bicyclic) bond motifs is 2. The Balaban J connectivity index is 1.28. The largest absolute Gasteiger partial charge is 0.325 e. The average Bonchev–Trinajstić information content (AvgIpc) is 3.25. The van der Waals surface area contributed by atoms with Gasteiger partial charge in [-0.1, -0.05) is 18.2 Å². The fourth-order valence-electron chi connectivity index (χ4n) is 4.00. The molecule has 5 rings (SSSR count). The molecule has 2 heterocycles. The molecule has 0 fully saturated rings. The lowest BCUT2D eigenvalue weighted by Crippen LogP contribution is -2.29. The van der Waals surface area contributed by atoms with Gasteiger partial charge in [0, 0.05) is 23.5 Å². The number of rotatable bonds is 4. The second-order valence-electron chi connectivity index (χ2n) is 7.80. The predicted octanol–water partition coefficient (Wildman–Crippen LogP) is 3.38.